The second kappa shape index (κ2) is 14.4. The molecule has 13 heteroatoms. The van der Waals surface area contributed by atoms with Gasteiger partial charge in [-0.1, -0.05) is 6.07 Å². The van der Waals surface area contributed by atoms with Crippen molar-refractivity contribution in [1.29, 1.82) is 0 Å². The number of pyridine rings is 1. The number of hydrogen-bond acceptors (Lipinski definition) is 11. The van der Waals surface area contributed by atoms with Gasteiger partial charge in [-0.3, -0.25) is 24.5 Å². The summed E-state index contributed by atoms with van der Waals surface area (Å²) in [5, 5.41) is 43.1. The number of carboxylic acids is 4. The first-order valence-corrected chi connectivity index (χ1v) is 10.1. The zero-order valence-electron chi connectivity index (χ0n) is 17.8. The minimum absolute atomic E-state index is 0. The zero-order chi connectivity index (χ0) is 23.7. The molecular weight excluding hydrogens is 593 g/mol. The maximum atomic E-state index is 11.7. The number of rotatable bonds is 9. The van der Waals surface area contributed by atoms with Crippen LogP contribution in [-0.2, 0) is 32.3 Å². The number of carboxylic acid groups (broad SMARTS) is 4. The van der Waals surface area contributed by atoms with Gasteiger partial charge in [0.2, 0.25) is 0 Å². The monoisotopic (exact) mass is 618 g/mol. The number of carbonyl (C=O) groups is 4. The van der Waals surface area contributed by atoms with Crippen molar-refractivity contribution in [3.05, 3.63) is 29.6 Å². The largest absolute Gasteiger partial charge is 0.549 e. The Bertz CT molecular complexity index is 795. The second-order valence-corrected chi connectivity index (χ2v) is 7.59. The van der Waals surface area contributed by atoms with E-state index in [1.807, 2.05) is 0 Å². The van der Waals surface area contributed by atoms with Gasteiger partial charge in [0.15, 0.2) is 0 Å². The molecule has 0 amide bonds. The number of nitrogens with zero attached hydrogens (tertiary/aromatic N) is 4. The summed E-state index contributed by atoms with van der Waals surface area (Å²) in [6.07, 6.45) is -0.603. The molecule has 1 atom stereocenters. The van der Waals surface area contributed by atoms with Crippen LogP contribution in [0.25, 0.3) is 0 Å². The summed E-state index contributed by atoms with van der Waals surface area (Å²) < 4.78 is 0. The molecule has 1 aromatic heterocycles. The summed E-state index contributed by atoms with van der Waals surface area (Å²) in [5.41, 5.74) is 1.12. The van der Waals surface area contributed by atoms with Crippen LogP contribution in [0, 0.1) is 36.9 Å². The Morgan fingerprint density at radius 1 is 0.909 bits per heavy atom. The van der Waals surface area contributed by atoms with Crippen molar-refractivity contribution in [2.45, 2.75) is 32.0 Å². The molecule has 33 heavy (non-hydrogen) atoms. The predicted octanol–water partition coefficient (Wildman–Crippen LogP) is -4.52. The maximum absolute atomic E-state index is 11.7. The van der Waals surface area contributed by atoms with E-state index in [4.69, 9.17) is 5.11 Å². The summed E-state index contributed by atoms with van der Waals surface area (Å²) in [5.74, 6) is -5.22. The molecule has 1 aliphatic heterocycles. The van der Waals surface area contributed by atoms with E-state index >= 15 is 0 Å². The van der Waals surface area contributed by atoms with Crippen LogP contribution in [0.2, 0.25) is 0 Å². The van der Waals surface area contributed by atoms with E-state index in [9.17, 15) is 34.5 Å². The molecule has 1 radical (unpaired) electrons. The third kappa shape index (κ3) is 10.7. The van der Waals surface area contributed by atoms with E-state index in [2.05, 4.69) is 4.98 Å². The third-order valence-corrected chi connectivity index (χ3v) is 5.09. The minimum atomic E-state index is -1.46. The van der Waals surface area contributed by atoms with E-state index in [0.29, 0.717) is 11.4 Å². The Kier molecular flexibility index (Phi) is 12.7. The van der Waals surface area contributed by atoms with E-state index in [0.717, 1.165) is 0 Å². The zero-order valence-corrected chi connectivity index (χ0v) is 19.5. The molecule has 2 bridgehead atoms. The summed E-state index contributed by atoms with van der Waals surface area (Å²) >= 11 is 0. The van der Waals surface area contributed by atoms with Gasteiger partial charge >= 0.3 is 5.97 Å². The molecule has 1 aromatic rings. The molecule has 0 spiro atoms. The molecule has 2 rings (SSSR count). The van der Waals surface area contributed by atoms with Gasteiger partial charge in [-0.2, -0.15) is 0 Å². The van der Waals surface area contributed by atoms with Crippen LogP contribution in [0.4, 0.5) is 0 Å². The van der Waals surface area contributed by atoms with Gasteiger partial charge in [-0.05, 0) is 18.6 Å². The fourth-order valence-corrected chi connectivity index (χ4v) is 3.63. The van der Waals surface area contributed by atoms with E-state index in [-0.39, 0.29) is 82.6 Å². The fourth-order valence-electron chi connectivity index (χ4n) is 3.63. The first-order valence-electron chi connectivity index (χ1n) is 10.1. The molecule has 1 N–H and O–H groups in total. The van der Waals surface area contributed by atoms with Crippen LogP contribution in [0.1, 0.15) is 24.2 Å². The number of aromatic nitrogens is 1. The molecule has 0 saturated carbocycles. The van der Waals surface area contributed by atoms with Crippen molar-refractivity contribution < 1.29 is 76.5 Å². The van der Waals surface area contributed by atoms with Gasteiger partial charge in [0, 0.05) is 102 Å². The molecular formula is C20H25N4O8Tm-3. The van der Waals surface area contributed by atoms with Gasteiger partial charge in [0.25, 0.3) is 0 Å². The third-order valence-electron chi connectivity index (χ3n) is 5.09. The Hall–Kier alpha value is -1.86. The van der Waals surface area contributed by atoms with Crippen molar-refractivity contribution in [3.63, 3.8) is 0 Å². The first kappa shape index (κ1) is 29.2. The Morgan fingerprint density at radius 2 is 1.39 bits per heavy atom. The molecule has 189 valence electrons. The van der Waals surface area contributed by atoms with Crippen LogP contribution in [0.15, 0.2) is 18.2 Å². The SMILES string of the molecule is O=C([O-])CN1CCN(C(CCC(=O)O)C(=O)[O-])CCN(CC(=O)[O-])Cc2cccc(n2)C1.[Tm]. The predicted molar refractivity (Wildman–Crippen MR) is 102 cm³/mol. The average Bonchev–Trinajstić information content (AvgIpc) is 2.67. The van der Waals surface area contributed by atoms with Crippen molar-refractivity contribution >= 4 is 23.9 Å². The average molecular weight is 618 g/mol. The summed E-state index contributed by atoms with van der Waals surface area (Å²) in [6, 6.07) is 3.91. The number of carbonyl (C=O) groups excluding carboxylic acids is 3. The van der Waals surface area contributed by atoms with Crippen LogP contribution < -0.4 is 15.3 Å². The van der Waals surface area contributed by atoms with Crippen LogP contribution in [0.5, 0.6) is 0 Å². The van der Waals surface area contributed by atoms with E-state index < -0.39 is 49.4 Å². The van der Waals surface area contributed by atoms with E-state index in [1.165, 1.54) is 4.90 Å². The second-order valence-electron chi connectivity index (χ2n) is 7.59. The quantitative estimate of drug-likeness (QED) is 0.281. The summed E-state index contributed by atoms with van der Waals surface area (Å²) in [4.78, 5) is 54.1. The molecule has 12 nitrogen and oxygen atoms in total. The number of hydrogen-bond donors (Lipinski definition) is 1. The van der Waals surface area contributed by atoms with Gasteiger partial charge in [0.05, 0.1) is 29.3 Å². The fraction of sp³-hybridized carbons (Fsp3) is 0.550. The topological polar surface area (TPSA) is 180 Å². The molecule has 0 aromatic carbocycles. The smallest absolute Gasteiger partial charge is 0.303 e. The maximum Gasteiger partial charge on any atom is 0.303 e. The van der Waals surface area contributed by atoms with Crippen LogP contribution >= 0.6 is 0 Å². The molecule has 2 heterocycles. The van der Waals surface area contributed by atoms with Crippen LogP contribution in [-0.4, -0.2) is 94.0 Å². The van der Waals surface area contributed by atoms with Gasteiger partial charge in [0.1, 0.15) is 0 Å². The number of aliphatic carboxylic acids is 4. The van der Waals surface area contributed by atoms with Crippen molar-refractivity contribution in [1.82, 2.24) is 19.7 Å². The molecule has 0 saturated heterocycles. The Morgan fingerprint density at radius 3 is 1.79 bits per heavy atom. The Balaban J connectivity index is 0.00000544. The van der Waals surface area contributed by atoms with Gasteiger partial charge in [-0.15, -0.1) is 0 Å². The number of fused-ring (bicyclic) bond motifs is 2. The molecule has 1 aliphatic rings. The standard InChI is InChI=1S/C20H28N4O8.Tm/c25-17(26)5-4-16(20(31)32)24-8-6-22(12-18(27)28)10-14-2-1-3-15(21-14)11-23(7-9-24)13-19(29)30;/h1-3,16H,4-13H2,(H,25,26)(H,27,28)(H,29,30)(H,31,32);/p-3. The summed E-state index contributed by atoms with van der Waals surface area (Å²) in [7, 11) is 0. The van der Waals surface area contributed by atoms with Crippen LogP contribution in [0.3, 0.4) is 0 Å². The molecule has 0 fully saturated rings. The van der Waals surface area contributed by atoms with Gasteiger partial charge < -0.3 is 34.8 Å². The Labute approximate surface area is 220 Å². The molecule has 0 aliphatic carbocycles. The molecule has 1 unspecified atom stereocenters. The first-order chi connectivity index (χ1) is 15.1. The minimum Gasteiger partial charge on any atom is -0.549 e. The normalized spacial score (nSPS) is 17.1. The van der Waals surface area contributed by atoms with Crippen molar-refractivity contribution in [2.75, 3.05) is 39.3 Å². The van der Waals surface area contributed by atoms with Gasteiger partial charge in [-0.25, -0.2) is 0 Å². The van der Waals surface area contributed by atoms with Crippen molar-refractivity contribution in [2.24, 2.45) is 0 Å². The van der Waals surface area contributed by atoms with E-state index in [1.54, 1.807) is 28.0 Å². The van der Waals surface area contributed by atoms with Crippen molar-refractivity contribution in [3.8, 4) is 0 Å². The summed E-state index contributed by atoms with van der Waals surface area (Å²) in [6.45, 7) is -0.0465.